The SMILES string of the molecule is CNc1nnc(COc2cccc(Cl)c2)s1. The first-order valence-electron chi connectivity index (χ1n) is 4.66. The number of hydrogen-bond acceptors (Lipinski definition) is 5. The average Bonchev–Trinajstić information content (AvgIpc) is 2.74. The fourth-order valence-corrected chi connectivity index (χ4v) is 1.90. The zero-order valence-electron chi connectivity index (χ0n) is 8.61. The van der Waals surface area contributed by atoms with Crippen molar-refractivity contribution < 1.29 is 4.74 Å². The van der Waals surface area contributed by atoms with Crippen molar-refractivity contribution in [3.8, 4) is 5.75 Å². The predicted molar refractivity (Wildman–Crippen MR) is 65.2 cm³/mol. The van der Waals surface area contributed by atoms with Crippen LogP contribution in [0, 0.1) is 0 Å². The van der Waals surface area contributed by atoms with E-state index in [1.807, 2.05) is 19.2 Å². The predicted octanol–water partition coefficient (Wildman–Crippen LogP) is 2.81. The van der Waals surface area contributed by atoms with E-state index in [0.717, 1.165) is 15.9 Å². The molecule has 0 fully saturated rings. The van der Waals surface area contributed by atoms with Crippen LogP contribution in [0.25, 0.3) is 0 Å². The lowest BCUT2D eigenvalue weighted by Crippen LogP contribution is -1.94. The van der Waals surface area contributed by atoms with Gasteiger partial charge in [-0.1, -0.05) is 29.0 Å². The highest BCUT2D eigenvalue weighted by Crippen LogP contribution is 2.20. The molecule has 0 saturated carbocycles. The van der Waals surface area contributed by atoms with Crippen molar-refractivity contribution in [2.24, 2.45) is 0 Å². The Morgan fingerprint density at radius 3 is 3.00 bits per heavy atom. The molecule has 16 heavy (non-hydrogen) atoms. The monoisotopic (exact) mass is 255 g/mol. The van der Waals surface area contributed by atoms with Gasteiger partial charge in [-0.25, -0.2) is 0 Å². The second-order valence-electron chi connectivity index (χ2n) is 3.00. The van der Waals surface area contributed by atoms with Gasteiger partial charge in [0.05, 0.1) is 0 Å². The van der Waals surface area contributed by atoms with Crippen molar-refractivity contribution in [2.75, 3.05) is 12.4 Å². The summed E-state index contributed by atoms with van der Waals surface area (Å²) < 4.78 is 5.53. The zero-order chi connectivity index (χ0) is 11.4. The van der Waals surface area contributed by atoms with E-state index in [-0.39, 0.29) is 0 Å². The minimum absolute atomic E-state index is 0.402. The van der Waals surface area contributed by atoms with Crippen LogP contribution < -0.4 is 10.1 Å². The Morgan fingerprint density at radius 1 is 1.44 bits per heavy atom. The molecule has 1 heterocycles. The van der Waals surface area contributed by atoms with Gasteiger partial charge in [0, 0.05) is 12.1 Å². The van der Waals surface area contributed by atoms with Crippen LogP contribution in [-0.4, -0.2) is 17.2 Å². The molecule has 1 aromatic carbocycles. The van der Waals surface area contributed by atoms with Gasteiger partial charge < -0.3 is 10.1 Å². The third-order valence-electron chi connectivity index (χ3n) is 1.84. The number of benzene rings is 1. The maximum Gasteiger partial charge on any atom is 0.205 e. The summed E-state index contributed by atoms with van der Waals surface area (Å²) in [5.74, 6) is 0.730. The van der Waals surface area contributed by atoms with Crippen molar-refractivity contribution in [1.29, 1.82) is 0 Å². The molecule has 0 spiro atoms. The van der Waals surface area contributed by atoms with Crippen LogP contribution >= 0.6 is 22.9 Å². The molecule has 0 unspecified atom stereocenters. The summed E-state index contributed by atoms with van der Waals surface area (Å²) in [7, 11) is 1.81. The molecule has 1 aromatic heterocycles. The molecular formula is C10H10ClN3OS. The smallest absolute Gasteiger partial charge is 0.205 e. The lowest BCUT2D eigenvalue weighted by atomic mass is 10.3. The molecule has 0 radical (unpaired) electrons. The Balaban J connectivity index is 1.96. The molecule has 2 rings (SSSR count). The highest BCUT2D eigenvalue weighted by Gasteiger charge is 2.03. The minimum atomic E-state index is 0.402. The third kappa shape index (κ3) is 2.84. The van der Waals surface area contributed by atoms with E-state index in [1.54, 1.807) is 12.1 Å². The van der Waals surface area contributed by atoms with Crippen molar-refractivity contribution in [3.63, 3.8) is 0 Å². The molecule has 0 aliphatic carbocycles. The van der Waals surface area contributed by atoms with Crippen molar-refractivity contribution in [2.45, 2.75) is 6.61 Å². The molecule has 84 valence electrons. The molecule has 0 bridgehead atoms. The number of rotatable bonds is 4. The van der Waals surface area contributed by atoms with Gasteiger partial charge in [-0.2, -0.15) is 0 Å². The van der Waals surface area contributed by atoms with Crippen molar-refractivity contribution in [1.82, 2.24) is 10.2 Å². The third-order valence-corrected chi connectivity index (χ3v) is 2.99. The lowest BCUT2D eigenvalue weighted by Gasteiger charge is -2.02. The van der Waals surface area contributed by atoms with E-state index >= 15 is 0 Å². The van der Waals surface area contributed by atoms with E-state index in [0.29, 0.717) is 11.6 Å². The van der Waals surface area contributed by atoms with E-state index < -0.39 is 0 Å². The Bertz CT molecular complexity index is 475. The number of halogens is 1. The summed E-state index contributed by atoms with van der Waals surface area (Å²) in [5, 5.41) is 13.1. The van der Waals surface area contributed by atoms with Crippen molar-refractivity contribution in [3.05, 3.63) is 34.3 Å². The van der Waals surface area contributed by atoms with Crippen LogP contribution in [0.1, 0.15) is 5.01 Å². The van der Waals surface area contributed by atoms with Crippen molar-refractivity contribution >= 4 is 28.1 Å². The van der Waals surface area contributed by atoms with Crippen LogP contribution in [0.15, 0.2) is 24.3 Å². The highest BCUT2D eigenvalue weighted by atomic mass is 35.5. The van der Waals surface area contributed by atoms with Gasteiger partial charge in [-0.05, 0) is 18.2 Å². The largest absolute Gasteiger partial charge is 0.486 e. The first kappa shape index (κ1) is 11.2. The van der Waals surface area contributed by atoms with Gasteiger partial charge in [0.1, 0.15) is 12.4 Å². The van der Waals surface area contributed by atoms with E-state index in [1.165, 1.54) is 11.3 Å². The quantitative estimate of drug-likeness (QED) is 0.913. The fourth-order valence-electron chi connectivity index (χ4n) is 1.11. The van der Waals surface area contributed by atoms with Gasteiger partial charge in [-0.15, -0.1) is 10.2 Å². The molecule has 0 saturated heterocycles. The Labute approximate surface area is 102 Å². The number of hydrogen-bond donors (Lipinski definition) is 1. The Kier molecular flexibility index (Phi) is 3.58. The van der Waals surface area contributed by atoms with Crippen LogP contribution in [0.4, 0.5) is 5.13 Å². The molecule has 0 aliphatic heterocycles. The minimum Gasteiger partial charge on any atom is -0.486 e. The molecular weight excluding hydrogens is 246 g/mol. The summed E-state index contributed by atoms with van der Waals surface area (Å²) in [6.45, 7) is 0.402. The number of nitrogens with one attached hydrogen (secondary N) is 1. The molecule has 0 atom stereocenters. The van der Waals surface area contributed by atoms with E-state index in [2.05, 4.69) is 15.5 Å². The van der Waals surface area contributed by atoms with E-state index in [9.17, 15) is 0 Å². The normalized spacial score (nSPS) is 10.1. The average molecular weight is 256 g/mol. The lowest BCUT2D eigenvalue weighted by molar-refractivity contribution is 0.304. The first-order chi connectivity index (χ1) is 7.78. The molecule has 0 amide bonds. The Hall–Kier alpha value is -1.33. The van der Waals surface area contributed by atoms with Gasteiger partial charge in [0.2, 0.25) is 5.13 Å². The fraction of sp³-hybridized carbons (Fsp3) is 0.200. The van der Waals surface area contributed by atoms with Crippen LogP contribution in [0.3, 0.4) is 0 Å². The molecule has 4 nitrogen and oxygen atoms in total. The number of aromatic nitrogens is 2. The number of nitrogens with zero attached hydrogens (tertiary/aromatic N) is 2. The number of ether oxygens (including phenoxy) is 1. The molecule has 6 heteroatoms. The summed E-state index contributed by atoms with van der Waals surface area (Å²) in [6.07, 6.45) is 0. The van der Waals surface area contributed by atoms with Gasteiger partial charge in [0.25, 0.3) is 0 Å². The van der Waals surface area contributed by atoms with Gasteiger partial charge >= 0.3 is 0 Å². The Morgan fingerprint density at radius 2 is 2.31 bits per heavy atom. The molecule has 0 aliphatic rings. The van der Waals surface area contributed by atoms with Crippen LogP contribution in [-0.2, 0) is 6.61 Å². The van der Waals surface area contributed by atoms with Crippen LogP contribution in [0.2, 0.25) is 5.02 Å². The number of anilines is 1. The maximum absolute atomic E-state index is 5.84. The summed E-state index contributed by atoms with van der Waals surface area (Å²) in [5.41, 5.74) is 0. The summed E-state index contributed by atoms with van der Waals surface area (Å²) >= 11 is 7.30. The topological polar surface area (TPSA) is 47.0 Å². The second kappa shape index (κ2) is 5.14. The molecule has 2 aromatic rings. The van der Waals surface area contributed by atoms with Crippen LogP contribution in [0.5, 0.6) is 5.75 Å². The maximum atomic E-state index is 5.84. The van der Waals surface area contributed by atoms with Gasteiger partial charge in [-0.3, -0.25) is 0 Å². The zero-order valence-corrected chi connectivity index (χ0v) is 10.2. The second-order valence-corrected chi connectivity index (χ2v) is 4.50. The molecule has 1 N–H and O–H groups in total. The summed E-state index contributed by atoms with van der Waals surface area (Å²) in [6, 6.07) is 7.27. The van der Waals surface area contributed by atoms with E-state index in [4.69, 9.17) is 16.3 Å². The summed E-state index contributed by atoms with van der Waals surface area (Å²) in [4.78, 5) is 0. The first-order valence-corrected chi connectivity index (χ1v) is 5.86. The van der Waals surface area contributed by atoms with Gasteiger partial charge in [0.15, 0.2) is 5.01 Å². The standard InChI is InChI=1S/C10H10ClN3OS/c1-12-10-14-13-9(16-10)6-15-8-4-2-3-7(11)5-8/h2-5H,6H2,1H3,(H,12,14). The highest BCUT2D eigenvalue weighted by molar-refractivity contribution is 7.15.